The molecule has 2 bridgehead atoms. The summed E-state index contributed by atoms with van der Waals surface area (Å²) in [7, 11) is 0. The van der Waals surface area contributed by atoms with Gasteiger partial charge in [-0.3, -0.25) is 4.90 Å². The summed E-state index contributed by atoms with van der Waals surface area (Å²) in [5.41, 5.74) is -0.758. The minimum atomic E-state index is -1.07. The highest BCUT2D eigenvalue weighted by molar-refractivity contribution is 5.75. The molecule has 3 aliphatic rings. The average molecular weight is 409 g/mol. The van der Waals surface area contributed by atoms with E-state index in [1.165, 1.54) is 12.1 Å². The molecule has 6 nitrogen and oxygen atoms in total. The van der Waals surface area contributed by atoms with Crippen molar-refractivity contribution in [1.82, 2.24) is 15.1 Å². The first kappa shape index (κ1) is 20.5. The number of nitrogens with zero attached hydrogens (tertiary/aromatic N) is 2. The van der Waals surface area contributed by atoms with Crippen molar-refractivity contribution in [3.8, 4) is 0 Å². The van der Waals surface area contributed by atoms with E-state index in [1.54, 1.807) is 0 Å². The van der Waals surface area contributed by atoms with Crippen LogP contribution in [-0.4, -0.2) is 78.0 Å². The van der Waals surface area contributed by atoms with Crippen molar-refractivity contribution in [3.05, 3.63) is 35.4 Å². The number of piperidine rings is 1. The van der Waals surface area contributed by atoms with Crippen molar-refractivity contribution in [2.45, 2.75) is 49.8 Å². The monoisotopic (exact) mass is 409 g/mol. The van der Waals surface area contributed by atoms with Crippen LogP contribution < -0.4 is 5.32 Å². The fourth-order valence-electron chi connectivity index (χ4n) is 5.05. The van der Waals surface area contributed by atoms with Crippen LogP contribution in [-0.2, 0) is 11.2 Å². The molecule has 0 radical (unpaired) electrons. The van der Waals surface area contributed by atoms with Gasteiger partial charge in [-0.25, -0.2) is 13.6 Å². The Kier molecular flexibility index (Phi) is 6.03. The van der Waals surface area contributed by atoms with E-state index in [4.69, 9.17) is 4.74 Å². The summed E-state index contributed by atoms with van der Waals surface area (Å²) in [4.78, 5) is 16.9. The summed E-state index contributed by atoms with van der Waals surface area (Å²) >= 11 is 0. The smallest absolute Gasteiger partial charge is 0.317 e. The highest BCUT2D eigenvalue weighted by Gasteiger charge is 2.49. The molecule has 3 saturated heterocycles. The molecular weight excluding hydrogens is 380 g/mol. The van der Waals surface area contributed by atoms with Gasteiger partial charge in [-0.2, -0.15) is 0 Å². The normalized spacial score (nSPS) is 29.8. The first-order valence-electron chi connectivity index (χ1n) is 10.5. The maximum Gasteiger partial charge on any atom is 0.317 e. The Morgan fingerprint density at radius 3 is 2.55 bits per heavy atom. The Morgan fingerprint density at radius 1 is 1.21 bits per heavy atom. The van der Waals surface area contributed by atoms with E-state index >= 15 is 0 Å². The van der Waals surface area contributed by atoms with Gasteiger partial charge in [0.05, 0.1) is 18.8 Å². The molecule has 1 aromatic rings. The molecule has 0 unspecified atom stereocenters. The first-order chi connectivity index (χ1) is 13.9. The second kappa shape index (κ2) is 8.53. The molecule has 4 rings (SSSR count). The molecule has 0 aliphatic carbocycles. The summed E-state index contributed by atoms with van der Waals surface area (Å²) in [6, 6.07) is 3.28. The van der Waals surface area contributed by atoms with E-state index in [9.17, 15) is 18.7 Å². The largest absolute Gasteiger partial charge is 0.389 e. The number of amides is 2. The standard InChI is InChI=1S/C21H29F2N3O3/c22-16-2-1-15(19(23)11-16)12-21(28)13-17-3-4-18(14-21)26(17)20(27)24-5-6-25-7-9-29-10-8-25/h1-2,11,17-18,28H,3-10,12-14H2,(H,24,27)/t17-,18-/m0/s1. The third-order valence-electron chi connectivity index (χ3n) is 6.43. The molecule has 2 atom stereocenters. The molecule has 3 aliphatic heterocycles. The van der Waals surface area contributed by atoms with Crippen molar-refractivity contribution in [2.75, 3.05) is 39.4 Å². The van der Waals surface area contributed by atoms with Gasteiger partial charge < -0.3 is 20.1 Å². The quantitative estimate of drug-likeness (QED) is 0.780. The molecule has 3 heterocycles. The molecule has 8 heteroatoms. The predicted octanol–water partition coefficient (Wildman–Crippen LogP) is 1.91. The Morgan fingerprint density at radius 2 is 1.90 bits per heavy atom. The molecule has 3 fully saturated rings. The number of hydrogen-bond acceptors (Lipinski definition) is 4. The maximum atomic E-state index is 14.0. The zero-order valence-corrected chi connectivity index (χ0v) is 16.6. The van der Waals surface area contributed by atoms with Gasteiger partial charge in [-0.1, -0.05) is 6.07 Å². The zero-order chi connectivity index (χ0) is 20.4. The van der Waals surface area contributed by atoms with Crippen molar-refractivity contribution >= 4 is 6.03 Å². The highest BCUT2D eigenvalue weighted by atomic mass is 19.1. The minimum absolute atomic E-state index is 0.0503. The molecular formula is C21H29F2N3O3. The van der Waals surface area contributed by atoms with Crippen LogP contribution in [0.1, 0.15) is 31.2 Å². The number of nitrogens with one attached hydrogen (secondary N) is 1. The fourth-order valence-corrected chi connectivity index (χ4v) is 5.05. The van der Waals surface area contributed by atoms with E-state index in [0.29, 0.717) is 24.9 Å². The highest BCUT2D eigenvalue weighted by Crippen LogP contribution is 2.42. The van der Waals surface area contributed by atoms with Crippen molar-refractivity contribution in [2.24, 2.45) is 0 Å². The van der Waals surface area contributed by atoms with Gasteiger partial charge in [0.15, 0.2) is 0 Å². The number of halogens is 2. The lowest BCUT2D eigenvalue weighted by molar-refractivity contribution is -0.0387. The lowest BCUT2D eigenvalue weighted by Gasteiger charge is -2.44. The first-order valence-corrected chi connectivity index (χ1v) is 10.5. The van der Waals surface area contributed by atoms with E-state index in [-0.39, 0.29) is 24.5 Å². The van der Waals surface area contributed by atoms with E-state index < -0.39 is 17.2 Å². The molecule has 0 aromatic heterocycles. The SMILES string of the molecule is O=C(NCCN1CCOCC1)N1[C@H]2CC[C@H]1CC(O)(Cc1ccc(F)cc1F)C2. The Balaban J connectivity index is 1.32. The van der Waals surface area contributed by atoms with E-state index in [1.807, 2.05) is 4.90 Å². The molecule has 1 aromatic carbocycles. The lowest BCUT2D eigenvalue weighted by atomic mass is 9.81. The van der Waals surface area contributed by atoms with Gasteiger partial charge in [0.2, 0.25) is 0 Å². The number of rotatable bonds is 5. The Hall–Kier alpha value is -1.77. The van der Waals surface area contributed by atoms with Gasteiger partial charge in [0.25, 0.3) is 0 Å². The number of morpholine rings is 1. The van der Waals surface area contributed by atoms with Crippen molar-refractivity contribution in [3.63, 3.8) is 0 Å². The number of carbonyl (C=O) groups is 1. The number of benzene rings is 1. The van der Waals surface area contributed by atoms with Crippen LogP contribution in [0.4, 0.5) is 13.6 Å². The van der Waals surface area contributed by atoms with Crippen LogP contribution in [0.5, 0.6) is 0 Å². The lowest BCUT2D eigenvalue weighted by Crippen LogP contribution is -2.57. The molecule has 0 spiro atoms. The zero-order valence-electron chi connectivity index (χ0n) is 16.6. The van der Waals surface area contributed by atoms with Gasteiger partial charge in [-0.15, -0.1) is 0 Å². The van der Waals surface area contributed by atoms with Gasteiger partial charge in [0.1, 0.15) is 11.6 Å². The average Bonchev–Trinajstić information content (AvgIpc) is 2.97. The van der Waals surface area contributed by atoms with E-state index in [2.05, 4.69) is 10.2 Å². The second-order valence-corrected chi connectivity index (χ2v) is 8.52. The number of urea groups is 1. The van der Waals surface area contributed by atoms with E-state index in [0.717, 1.165) is 51.8 Å². The summed E-state index contributed by atoms with van der Waals surface area (Å²) in [5, 5.41) is 14.1. The Bertz CT molecular complexity index is 728. The van der Waals surface area contributed by atoms with Crippen LogP contribution in [0.2, 0.25) is 0 Å². The summed E-state index contributed by atoms with van der Waals surface area (Å²) < 4.78 is 32.5. The van der Waals surface area contributed by atoms with Crippen LogP contribution in [0.15, 0.2) is 18.2 Å². The van der Waals surface area contributed by atoms with Gasteiger partial charge in [0, 0.05) is 50.7 Å². The Labute approximate surface area is 169 Å². The number of ether oxygens (including phenoxy) is 1. The number of hydrogen-bond donors (Lipinski definition) is 2. The van der Waals surface area contributed by atoms with Crippen LogP contribution in [0, 0.1) is 11.6 Å². The number of aliphatic hydroxyl groups is 1. The molecule has 160 valence electrons. The second-order valence-electron chi connectivity index (χ2n) is 8.52. The molecule has 2 N–H and O–H groups in total. The summed E-state index contributed by atoms with van der Waals surface area (Å²) in [5.74, 6) is -1.25. The van der Waals surface area contributed by atoms with Gasteiger partial charge in [-0.05, 0) is 37.3 Å². The van der Waals surface area contributed by atoms with Crippen molar-refractivity contribution < 1.29 is 23.4 Å². The van der Waals surface area contributed by atoms with Crippen LogP contribution in [0.3, 0.4) is 0 Å². The summed E-state index contributed by atoms with van der Waals surface area (Å²) in [6.45, 7) is 4.62. The van der Waals surface area contributed by atoms with Crippen LogP contribution in [0.25, 0.3) is 0 Å². The van der Waals surface area contributed by atoms with Gasteiger partial charge >= 0.3 is 6.03 Å². The third kappa shape index (κ3) is 4.70. The third-order valence-corrected chi connectivity index (χ3v) is 6.43. The van der Waals surface area contributed by atoms with Crippen molar-refractivity contribution in [1.29, 1.82) is 0 Å². The molecule has 0 saturated carbocycles. The summed E-state index contributed by atoms with van der Waals surface area (Å²) in [6.07, 6.45) is 2.65. The predicted molar refractivity (Wildman–Crippen MR) is 104 cm³/mol. The fraction of sp³-hybridized carbons (Fsp3) is 0.667. The number of carbonyl (C=O) groups excluding carboxylic acids is 1. The topological polar surface area (TPSA) is 65.0 Å². The minimum Gasteiger partial charge on any atom is -0.389 e. The number of fused-ring (bicyclic) bond motifs is 2. The molecule has 2 amide bonds. The van der Waals surface area contributed by atoms with Crippen LogP contribution >= 0.6 is 0 Å². The molecule has 29 heavy (non-hydrogen) atoms. The maximum absolute atomic E-state index is 14.0.